The first-order valence-electron chi connectivity index (χ1n) is 7.18. The van der Waals surface area contributed by atoms with Crippen molar-refractivity contribution < 1.29 is 4.48 Å². The lowest BCUT2D eigenvalue weighted by Gasteiger charge is -2.23. The summed E-state index contributed by atoms with van der Waals surface area (Å²) in [6.07, 6.45) is 0. The molecule has 2 aromatic heterocycles. The summed E-state index contributed by atoms with van der Waals surface area (Å²) in [4.78, 5) is 19.5. The molecule has 0 fully saturated rings. The fourth-order valence-electron chi connectivity index (χ4n) is 2.11. The monoisotopic (exact) mass is 326 g/mol. The molecular formula is C15H24N3OS2+. The third-order valence-electron chi connectivity index (χ3n) is 3.56. The molecule has 0 radical (unpaired) electrons. The Bertz CT molecular complexity index is 710. The highest BCUT2D eigenvalue weighted by molar-refractivity contribution is 7.99. The van der Waals surface area contributed by atoms with Crippen molar-refractivity contribution in [2.75, 3.05) is 33.4 Å². The van der Waals surface area contributed by atoms with Crippen LogP contribution >= 0.6 is 23.1 Å². The van der Waals surface area contributed by atoms with Gasteiger partial charge in [-0.05, 0) is 26.3 Å². The quantitative estimate of drug-likeness (QED) is 0.481. The molecule has 0 atom stereocenters. The summed E-state index contributed by atoms with van der Waals surface area (Å²) in [5, 5.41) is 1.65. The van der Waals surface area contributed by atoms with Gasteiger partial charge in [0.25, 0.3) is 5.56 Å². The van der Waals surface area contributed by atoms with Gasteiger partial charge >= 0.3 is 0 Å². The number of aromatic nitrogens is 2. The van der Waals surface area contributed by atoms with Crippen LogP contribution in [0.2, 0.25) is 0 Å². The average Bonchev–Trinajstić information content (AvgIpc) is 2.64. The zero-order valence-electron chi connectivity index (χ0n) is 13.7. The molecular weight excluding hydrogens is 302 g/mol. The molecule has 0 saturated heterocycles. The van der Waals surface area contributed by atoms with Crippen molar-refractivity contribution in [1.82, 2.24) is 9.55 Å². The Labute approximate surface area is 134 Å². The number of quaternary nitrogens is 1. The van der Waals surface area contributed by atoms with Gasteiger partial charge < -0.3 is 4.48 Å². The van der Waals surface area contributed by atoms with Gasteiger partial charge in [0.2, 0.25) is 0 Å². The van der Waals surface area contributed by atoms with Crippen molar-refractivity contribution in [3.8, 4) is 0 Å². The molecule has 0 N–H and O–H groups in total. The molecule has 0 unspecified atom stereocenters. The third-order valence-corrected chi connectivity index (χ3v) is 5.62. The van der Waals surface area contributed by atoms with Crippen molar-refractivity contribution in [3.05, 3.63) is 20.8 Å². The second-order valence-electron chi connectivity index (χ2n) is 6.27. The summed E-state index contributed by atoms with van der Waals surface area (Å²) >= 11 is 3.31. The zero-order chi connectivity index (χ0) is 15.8. The van der Waals surface area contributed by atoms with Crippen molar-refractivity contribution in [1.29, 1.82) is 0 Å². The van der Waals surface area contributed by atoms with Gasteiger partial charge in [-0.15, -0.1) is 11.3 Å². The minimum absolute atomic E-state index is 0.108. The summed E-state index contributed by atoms with van der Waals surface area (Å²) in [6, 6.07) is 0. The molecule has 6 heteroatoms. The number of thioether (sulfide) groups is 1. The molecule has 0 saturated carbocycles. The van der Waals surface area contributed by atoms with Crippen LogP contribution in [0.25, 0.3) is 10.2 Å². The van der Waals surface area contributed by atoms with Crippen LogP contribution in [0.3, 0.4) is 0 Å². The topological polar surface area (TPSA) is 34.9 Å². The fourth-order valence-corrected chi connectivity index (χ4v) is 4.53. The van der Waals surface area contributed by atoms with E-state index in [1.165, 1.54) is 4.88 Å². The third kappa shape index (κ3) is 3.49. The molecule has 0 aliphatic carbocycles. The van der Waals surface area contributed by atoms with Gasteiger partial charge in [-0.2, -0.15) is 0 Å². The van der Waals surface area contributed by atoms with Gasteiger partial charge in [-0.1, -0.05) is 11.8 Å². The van der Waals surface area contributed by atoms with Gasteiger partial charge in [-0.3, -0.25) is 9.36 Å². The van der Waals surface area contributed by atoms with Gasteiger partial charge in [0.15, 0.2) is 5.16 Å². The Balaban J connectivity index is 2.42. The Morgan fingerprint density at radius 1 is 1.29 bits per heavy atom. The number of nitrogens with zero attached hydrogens (tertiary/aromatic N) is 3. The van der Waals surface area contributed by atoms with Crippen LogP contribution in [0.15, 0.2) is 9.95 Å². The molecule has 0 aliphatic heterocycles. The molecule has 0 aromatic carbocycles. The SMILES string of the molecule is CCn1c(SCC[N+](C)(C)C)nc2sc(C)c(C)c2c1=O. The first-order chi connectivity index (χ1) is 9.74. The smallest absolute Gasteiger partial charge is 0.263 e. The maximum atomic E-state index is 12.7. The van der Waals surface area contributed by atoms with Crippen LogP contribution in [-0.2, 0) is 6.54 Å². The summed E-state index contributed by atoms with van der Waals surface area (Å²) in [5.41, 5.74) is 1.19. The van der Waals surface area contributed by atoms with Crippen molar-refractivity contribution >= 4 is 33.3 Å². The summed E-state index contributed by atoms with van der Waals surface area (Å²) < 4.78 is 2.73. The number of hydrogen-bond donors (Lipinski definition) is 0. The molecule has 116 valence electrons. The minimum atomic E-state index is 0.108. The predicted octanol–water partition coefficient (Wildman–Crippen LogP) is 2.89. The summed E-state index contributed by atoms with van der Waals surface area (Å²) in [7, 11) is 6.53. The van der Waals surface area contributed by atoms with Crippen LogP contribution in [-0.4, -0.2) is 47.5 Å². The van der Waals surface area contributed by atoms with E-state index in [1.54, 1.807) is 23.1 Å². The Hall–Kier alpha value is -0.850. The molecule has 2 heterocycles. The molecule has 0 amide bonds. The number of thiophene rings is 1. The molecule has 0 bridgehead atoms. The van der Waals surface area contributed by atoms with E-state index in [4.69, 9.17) is 4.98 Å². The second kappa shape index (κ2) is 6.10. The fraction of sp³-hybridized carbons (Fsp3) is 0.600. The Kier molecular flexibility index (Phi) is 4.80. The second-order valence-corrected chi connectivity index (χ2v) is 8.53. The Morgan fingerprint density at radius 2 is 1.95 bits per heavy atom. The zero-order valence-corrected chi connectivity index (χ0v) is 15.3. The van der Waals surface area contributed by atoms with Crippen LogP contribution < -0.4 is 5.56 Å². The van der Waals surface area contributed by atoms with E-state index >= 15 is 0 Å². The maximum Gasteiger partial charge on any atom is 0.263 e. The number of aryl methyl sites for hydroxylation is 2. The molecule has 4 nitrogen and oxygen atoms in total. The van der Waals surface area contributed by atoms with Crippen molar-refractivity contribution in [3.63, 3.8) is 0 Å². The number of rotatable bonds is 5. The lowest BCUT2D eigenvalue weighted by molar-refractivity contribution is -0.867. The van der Waals surface area contributed by atoms with E-state index < -0.39 is 0 Å². The largest absolute Gasteiger partial charge is 0.330 e. The van der Waals surface area contributed by atoms with E-state index in [9.17, 15) is 4.79 Å². The first-order valence-corrected chi connectivity index (χ1v) is 8.98. The Morgan fingerprint density at radius 3 is 2.52 bits per heavy atom. The van der Waals surface area contributed by atoms with Gasteiger partial charge in [-0.25, -0.2) is 4.98 Å². The van der Waals surface area contributed by atoms with Crippen molar-refractivity contribution in [2.24, 2.45) is 0 Å². The normalized spacial score (nSPS) is 12.3. The highest BCUT2D eigenvalue weighted by Crippen LogP contribution is 2.28. The minimum Gasteiger partial charge on any atom is -0.330 e. The molecule has 0 aliphatic rings. The van der Waals surface area contributed by atoms with Crippen LogP contribution in [0.1, 0.15) is 17.4 Å². The van der Waals surface area contributed by atoms with Crippen molar-refractivity contribution in [2.45, 2.75) is 32.5 Å². The first kappa shape index (κ1) is 16.5. The molecule has 0 spiro atoms. The summed E-state index contributed by atoms with van der Waals surface area (Å²) in [6.45, 7) is 7.80. The average molecular weight is 327 g/mol. The van der Waals surface area contributed by atoms with E-state index in [-0.39, 0.29) is 5.56 Å². The molecule has 21 heavy (non-hydrogen) atoms. The highest BCUT2D eigenvalue weighted by Gasteiger charge is 2.16. The van der Waals surface area contributed by atoms with Crippen LogP contribution in [0.5, 0.6) is 0 Å². The van der Waals surface area contributed by atoms with E-state index in [0.29, 0.717) is 6.54 Å². The predicted molar refractivity (Wildman–Crippen MR) is 92.7 cm³/mol. The van der Waals surface area contributed by atoms with E-state index in [0.717, 1.165) is 37.7 Å². The summed E-state index contributed by atoms with van der Waals surface area (Å²) in [5.74, 6) is 0.963. The number of fused-ring (bicyclic) bond motifs is 1. The molecule has 2 aromatic rings. The number of hydrogen-bond acceptors (Lipinski definition) is 4. The van der Waals surface area contributed by atoms with Gasteiger partial charge in [0, 0.05) is 11.4 Å². The standard InChI is InChI=1S/C15H24N3OS2/c1-7-17-14(19)12-10(2)11(3)21-13(12)16-15(17)20-9-8-18(4,5)6/h7-9H2,1-6H3/q+1. The lowest BCUT2D eigenvalue weighted by Crippen LogP contribution is -2.36. The lowest BCUT2D eigenvalue weighted by atomic mass is 10.2. The van der Waals surface area contributed by atoms with Crippen LogP contribution in [0, 0.1) is 13.8 Å². The van der Waals surface area contributed by atoms with Crippen LogP contribution in [0.4, 0.5) is 0 Å². The molecule has 2 rings (SSSR count). The van der Waals surface area contributed by atoms with Gasteiger partial charge in [0.05, 0.1) is 38.8 Å². The maximum absolute atomic E-state index is 12.7. The van der Waals surface area contributed by atoms with E-state index in [2.05, 4.69) is 28.1 Å². The highest BCUT2D eigenvalue weighted by atomic mass is 32.2. The van der Waals surface area contributed by atoms with E-state index in [1.807, 2.05) is 18.4 Å². The van der Waals surface area contributed by atoms with Gasteiger partial charge in [0.1, 0.15) is 4.83 Å².